The first-order valence-corrected chi connectivity index (χ1v) is 8.16. The van der Waals surface area contributed by atoms with E-state index >= 15 is 0 Å². The lowest BCUT2D eigenvalue weighted by molar-refractivity contribution is 0.112. The lowest BCUT2D eigenvalue weighted by Gasteiger charge is -2.24. The molecule has 0 heterocycles. The van der Waals surface area contributed by atoms with Crippen molar-refractivity contribution in [2.24, 2.45) is 5.18 Å². The molecule has 0 aliphatic carbocycles. The first-order chi connectivity index (χ1) is 11.2. The summed E-state index contributed by atoms with van der Waals surface area (Å²) in [7, 11) is 1.94. The van der Waals surface area contributed by atoms with E-state index in [0.717, 1.165) is 37.2 Å². The van der Waals surface area contributed by atoms with Crippen molar-refractivity contribution in [3.8, 4) is 0 Å². The summed E-state index contributed by atoms with van der Waals surface area (Å²) >= 11 is 0. The molecule has 6 heteroatoms. The van der Waals surface area contributed by atoms with Crippen LogP contribution < -0.4 is 15.5 Å². The molecule has 128 valence electrons. The van der Waals surface area contributed by atoms with Gasteiger partial charge in [0.2, 0.25) is 0 Å². The number of nitroso groups, excluding NO2 is 1. The van der Waals surface area contributed by atoms with Crippen molar-refractivity contribution in [2.45, 2.75) is 32.9 Å². The minimum atomic E-state index is 0.183. The molecule has 2 N–H and O–H groups in total. The van der Waals surface area contributed by atoms with Gasteiger partial charge in [-0.25, -0.2) is 0 Å². The zero-order valence-corrected chi connectivity index (χ0v) is 14.3. The molecule has 1 rings (SSSR count). The summed E-state index contributed by atoms with van der Waals surface area (Å²) < 4.78 is 0. The third-order valence-corrected chi connectivity index (χ3v) is 3.93. The Bertz CT molecular complexity index is 493. The topological polar surface area (TPSA) is 73.8 Å². The number of nitrogens with one attached hydrogen (secondary N) is 2. The SMILES string of the molecule is CCN(CCNC)c1ccc(C=O)c(CNC(C)CCN=O)c1. The fraction of sp³-hybridized carbons (Fsp3) is 0.588. The number of anilines is 1. The third kappa shape index (κ3) is 6.46. The van der Waals surface area contributed by atoms with Crippen LogP contribution in [0.4, 0.5) is 5.69 Å². The number of hydrogen-bond donors (Lipinski definition) is 2. The molecule has 0 saturated carbocycles. The molecule has 0 bridgehead atoms. The molecular formula is C17H28N4O2. The van der Waals surface area contributed by atoms with Gasteiger partial charge in [-0.1, -0.05) is 5.18 Å². The van der Waals surface area contributed by atoms with E-state index in [9.17, 15) is 9.70 Å². The Balaban J connectivity index is 2.81. The van der Waals surface area contributed by atoms with Gasteiger partial charge in [0.25, 0.3) is 0 Å². The van der Waals surface area contributed by atoms with Crippen molar-refractivity contribution in [3.05, 3.63) is 34.2 Å². The average Bonchev–Trinajstić information content (AvgIpc) is 2.58. The highest BCUT2D eigenvalue weighted by Gasteiger charge is 2.09. The van der Waals surface area contributed by atoms with Crippen LogP contribution >= 0.6 is 0 Å². The van der Waals surface area contributed by atoms with Crippen molar-refractivity contribution >= 4 is 12.0 Å². The molecule has 0 aromatic heterocycles. The molecule has 1 unspecified atom stereocenters. The molecule has 0 radical (unpaired) electrons. The van der Waals surface area contributed by atoms with Gasteiger partial charge in [0.1, 0.15) is 6.29 Å². The van der Waals surface area contributed by atoms with Crippen LogP contribution in [-0.2, 0) is 6.54 Å². The number of aldehydes is 1. The van der Waals surface area contributed by atoms with Gasteiger partial charge < -0.3 is 15.5 Å². The number of likely N-dealkylation sites (N-methyl/N-ethyl adjacent to an activating group) is 2. The van der Waals surface area contributed by atoms with E-state index in [1.807, 2.05) is 26.1 Å². The van der Waals surface area contributed by atoms with Crippen LogP contribution in [0.2, 0.25) is 0 Å². The summed E-state index contributed by atoms with van der Waals surface area (Å²) in [6, 6.07) is 6.12. The Morgan fingerprint density at radius 3 is 2.78 bits per heavy atom. The Morgan fingerprint density at radius 2 is 2.17 bits per heavy atom. The largest absolute Gasteiger partial charge is 0.371 e. The van der Waals surface area contributed by atoms with Gasteiger partial charge in [-0.2, -0.15) is 4.91 Å². The van der Waals surface area contributed by atoms with E-state index in [2.05, 4.69) is 33.7 Å². The fourth-order valence-electron chi connectivity index (χ4n) is 2.41. The van der Waals surface area contributed by atoms with Crippen LogP contribution in [0.25, 0.3) is 0 Å². The van der Waals surface area contributed by atoms with Gasteiger partial charge in [-0.05, 0) is 51.1 Å². The molecule has 23 heavy (non-hydrogen) atoms. The van der Waals surface area contributed by atoms with E-state index < -0.39 is 0 Å². The number of carbonyl (C=O) groups is 1. The first-order valence-electron chi connectivity index (χ1n) is 8.16. The Morgan fingerprint density at radius 1 is 1.39 bits per heavy atom. The maximum Gasteiger partial charge on any atom is 0.150 e. The second-order valence-electron chi connectivity index (χ2n) is 5.61. The lowest BCUT2D eigenvalue weighted by atomic mass is 10.1. The molecule has 0 saturated heterocycles. The Labute approximate surface area is 138 Å². The maximum atomic E-state index is 11.3. The summed E-state index contributed by atoms with van der Waals surface area (Å²) in [6.45, 7) is 7.79. The van der Waals surface area contributed by atoms with Gasteiger partial charge in [-0.3, -0.25) is 4.79 Å². The predicted octanol–water partition coefficient (Wildman–Crippen LogP) is 2.18. The second-order valence-corrected chi connectivity index (χ2v) is 5.61. The summed E-state index contributed by atoms with van der Waals surface area (Å²) in [5.41, 5.74) is 2.80. The zero-order valence-electron chi connectivity index (χ0n) is 14.3. The molecule has 1 aromatic rings. The zero-order chi connectivity index (χ0) is 17.1. The molecule has 0 aliphatic rings. The molecular weight excluding hydrogens is 292 g/mol. The number of carbonyl (C=O) groups excluding carboxylic acids is 1. The summed E-state index contributed by atoms with van der Waals surface area (Å²) in [5.74, 6) is 0. The summed E-state index contributed by atoms with van der Waals surface area (Å²) in [4.78, 5) is 23.7. The quantitative estimate of drug-likeness (QED) is 0.456. The highest BCUT2D eigenvalue weighted by molar-refractivity contribution is 5.78. The standard InChI is InChI=1S/C17H28N4O2/c1-4-21(10-9-18-3)17-6-5-15(13-22)16(11-17)12-19-14(2)7-8-20-23/h5-6,11,13-14,18-19H,4,7-10,12H2,1-3H3. The van der Waals surface area contributed by atoms with Crippen LogP contribution in [-0.4, -0.2) is 45.6 Å². The van der Waals surface area contributed by atoms with Crippen molar-refractivity contribution in [3.63, 3.8) is 0 Å². The smallest absolute Gasteiger partial charge is 0.150 e. The van der Waals surface area contributed by atoms with Gasteiger partial charge >= 0.3 is 0 Å². The number of rotatable bonds is 12. The van der Waals surface area contributed by atoms with E-state index in [1.165, 1.54) is 0 Å². The van der Waals surface area contributed by atoms with Crippen molar-refractivity contribution in [2.75, 3.05) is 38.1 Å². The van der Waals surface area contributed by atoms with Gasteiger partial charge in [-0.15, -0.1) is 0 Å². The molecule has 1 aromatic carbocycles. The van der Waals surface area contributed by atoms with Gasteiger partial charge in [0, 0.05) is 43.5 Å². The van der Waals surface area contributed by atoms with Crippen LogP contribution in [0.5, 0.6) is 0 Å². The van der Waals surface area contributed by atoms with Crippen molar-refractivity contribution in [1.82, 2.24) is 10.6 Å². The minimum absolute atomic E-state index is 0.183. The summed E-state index contributed by atoms with van der Waals surface area (Å²) in [5, 5.41) is 9.38. The van der Waals surface area contributed by atoms with Crippen LogP contribution in [0, 0.1) is 4.91 Å². The molecule has 0 aliphatic heterocycles. The van der Waals surface area contributed by atoms with E-state index in [1.54, 1.807) is 0 Å². The Hall–Kier alpha value is -1.79. The van der Waals surface area contributed by atoms with Crippen LogP contribution in [0.1, 0.15) is 36.2 Å². The maximum absolute atomic E-state index is 11.3. The molecule has 0 amide bonds. The summed E-state index contributed by atoms with van der Waals surface area (Å²) in [6.07, 6.45) is 1.59. The predicted molar refractivity (Wildman–Crippen MR) is 95.2 cm³/mol. The minimum Gasteiger partial charge on any atom is -0.371 e. The molecule has 6 nitrogen and oxygen atoms in total. The van der Waals surface area contributed by atoms with Crippen molar-refractivity contribution < 1.29 is 4.79 Å². The molecule has 0 spiro atoms. The number of nitrogens with zero attached hydrogens (tertiary/aromatic N) is 2. The second kappa shape index (κ2) is 10.9. The van der Waals surface area contributed by atoms with E-state index in [0.29, 0.717) is 25.1 Å². The van der Waals surface area contributed by atoms with Crippen LogP contribution in [0.3, 0.4) is 0 Å². The van der Waals surface area contributed by atoms with Gasteiger partial charge in [0.05, 0.1) is 6.54 Å². The van der Waals surface area contributed by atoms with Gasteiger partial charge in [0.15, 0.2) is 0 Å². The number of benzene rings is 1. The highest BCUT2D eigenvalue weighted by Crippen LogP contribution is 2.19. The monoisotopic (exact) mass is 320 g/mol. The number of hydrogen-bond acceptors (Lipinski definition) is 6. The molecule has 0 fully saturated rings. The highest BCUT2D eigenvalue weighted by atomic mass is 16.3. The first kappa shape index (κ1) is 19.3. The molecule has 1 atom stereocenters. The van der Waals surface area contributed by atoms with E-state index in [4.69, 9.17) is 0 Å². The lowest BCUT2D eigenvalue weighted by Crippen LogP contribution is -2.31. The van der Waals surface area contributed by atoms with Crippen molar-refractivity contribution in [1.29, 1.82) is 0 Å². The van der Waals surface area contributed by atoms with E-state index in [-0.39, 0.29) is 6.04 Å². The third-order valence-electron chi connectivity index (χ3n) is 3.93. The Kier molecular flexibility index (Phi) is 9.09. The fourth-order valence-corrected chi connectivity index (χ4v) is 2.41. The average molecular weight is 320 g/mol. The normalized spacial score (nSPS) is 12.0. The van der Waals surface area contributed by atoms with Crippen LogP contribution in [0.15, 0.2) is 23.4 Å².